The molecule has 0 radical (unpaired) electrons. The van der Waals surface area contributed by atoms with Crippen molar-refractivity contribution in [3.8, 4) is 5.69 Å². The summed E-state index contributed by atoms with van der Waals surface area (Å²) in [7, 11) is 0. The number of rotatable bonds is 3. The molecule has 0 bridgehead atoms. The van der Waals surface area contributed by atoms with Gasteiger partial charge in [0.25, 0.3) is 0 Å². The molecular weight excluding hydrogens is 276 g/mol. The molecule has 2 aromatic heterocycles. The fourth-order valence-electron chi connectivity index (χ4n) is 2.41. The van der Waals surface area contributed by atoms with Gasteiger partial charge in [0, 0.05) is 5.56 Å². The molecule has 0 aliphatic rings. The average molecular weight is 294 g/mol. The van der Waals surface area contributed by atoms with Gasteiger partial charge < -0.3 is 0 Å². The monoisotopic (exact) mass is 294 g/mol. The number of aromatic nitrogens is 5. The van der Waals surface area contributed by atoms with Crippen molar-refractivity contribution in [2.75, 3.05) is 0 Å². The molecule has 0 saturated heterocycles. The van der Waals surface area contributed by atoms with Gasteiger partial charge in [-0.15, -0.1) is 10.2 Å². The van der Waals surface area contributed by atoms with E-state index in [0.29, 0.717) is 0 Å². The van der Waals surface area contributed by atoms with Gasteiger partial charge in [-0.3, -0.25) is 0 Å². The summed E-state index contributed by atoms with van der Waals surface area (Å²) >= 11 is 0. The Hall–Kier alpha value is -2.76. The zero-order chi connectivity index (χ0) is 15.7. The van der Waals surface area contributed by atoms with Gasteiger partial charge in [0.05, 0.1) is 23.3 Å². The predicted octanol–water partition coefficient (Wildman–Crippen LogP) is 2.58. The summed E-state index contributed by atoms with van der Waals surface area (Å²) < 4.78 is 3.65. The Bertz CT molecular complexity index is 806. The number of aryl methyl sites for hydroxylation is 3. The zero-order valence-electron chi connectivity index (χ0n) is 13.1. The average Bonchev–Trinajstić information content (AvgIpc) is 2.99. The molecule has 0 aliphatic heterocycles. The molecule has 0 saturated carbocycles. The van der Waals surface area contributed by atoms with E-state index >= 15 is 0 Å². The van der Waals surface area contributed by atoms with E-state index in [1.807, 2.05) is 68.9 Å². The maximum Gasteiger partial charge on any atom is 0.151 e. The molecule has 0 aliphatic carbocycles. The molecule has 3 aromatic rings. The summed E-state index contributed by atoms with van der Waals surface area (Å²) in [5, 5.41) is 17.1. The molecule has 0 amide bonds. The first-order chi connectivity index (χ1) is 10.6. The number of hydrogen-bond donors (Lipinski definition) is 0. The topological polar surface area (TPSA) is 60.9 Å². The Morgan fingerprint density at radius 3 is 2.23 bits per heavy atom. The first-order valence-corrected chi connectivity index (χ1v) is 7.12. The van der Waals surface area contributed by atoms with Crippen molar-refractivity contribution in [1.29, 1.82) is 0 Å². The Morgan fingerprint density at radius 1 is 0.955 bits per heavy atom. The zero-order valence-corrected chi connectivity index (χ0v) is 13.1. The van der Waals surface area contributed by atoms with Crippen LogP contribution >= 0.6 is 0 Å². The minimum atomic E-state index is 0.763. The highest BCUT2D eigenvalue weighted by atomic mass is 15.4. The van der Waals surface area contributed by atoms with Crippen molar-refractivity contribution < 1.29 is 0 Å². The fraction of sp³-hybridized carbons (Fsp3) is 0.250. The molecule has 1 aromatic carbocycles. The highest BCUT2D eigenvalue weighted by Crippen LogP contribution is 2.16. The van der Waals surface area contributed by atoms with Crippen molar-refractivity contribution in [3.05, 3.63) is 58.9 Å². The van der Waals surface area contributed by atoms with Crippen molar-refractivity contribution >= 4 is 6.21 Å². The molecule has 2 heterocycles. The minimum absolute atomic E-state index is 0.763. The second-order valence-corrected chi connectivity index (χ2v) is 5.18. The lowest BCUT2D eigenvalue weighted by Gasteiger charge is -2.03. The van der Waals surface area contributed by atoms with E-state index in [-0.39, 0.29) is 0 Å². The number of hydrogen-bond acceptors (Lipinski definition) is 4. The van der Waals surface area contributed by atoms with Crippen LogP contribution in [0.3, 0.4) is 0 Å². The Balaban J connectivity index is 2.01. The van der Waals surface area contributed by atoms with Crippen LogP contribution in [-0.4, -0.2) is 30.9 Å². The standard InChI is InChI=1S/C16H18N6/c1-11-16(10-17-22-13(3)18-19-14(22)4)12(2)21(20-11)15-8-6-5-7-9-15/h5-10H,1-4H3/b17-10+. The van der Waals surface area contributed by atoms with E-state index in [1.165, 1.54) is 0 Å². The highest BCUT2D eigenvalue weighted by molar-refractivity contribution is 5.82. The van der Waals surface area contributed by atoms with Gasteiger partial charge >= 0.3 is 0 Å². The van der Waals surface area contributed by atoms with Gasteiger partial charge in [-0.05, 0) is 39.8 Å². The molecule has 3 rings (SSSR count). The predicted molar refractivity (Wildman–Crippen MR) is 85.5 cm³/mol. The number of benzene rings is 1. The SMILES string of the molecule is Cc1nn(-c2ccccc2)c(C)c1/C=N/n1c(C)nnc1C. The summed E-state index contributed by atoms with van der Waals surface area (Å²) in [4.78, 5) is 0. The third kappa shape index (κ3) is 2.43. The van der Waals surface area contributed by atoms with Crippen LogP contribution in [0.5, 0.6) is 0 Å². The van der Waals surface area contributed by atoms with Crippen LogP contribution in [0, 0.1) is 27.7 Å². The van der Waals surface area contributed by atoms with Gasteiger partial charge in [-0.25, -0.2) is 9.36 Å². The maximum absolute atomic E-state index is 4.61. The highest BCUT2D eigenvalue weighted by Gasteiger charge is 2.11. The molecule has 0 N–H and O–H groups in total. The van der Waals surface area contributed by atoms with Crippen LogP contribution in [0.25, 0.3) is 5.69 Å². The van der Waals surface area contributed by atoms with Crippen molar-refractivity contribution in [2.45, 2.75) is 27.7 Å². The summed E-state index contributed by atoms with van der Waals surface area (Å²) in [5.41, 5.74) is 4.04. The van der Waals surface area contributed by atoms with Crippen LogP contribution in [0.4, 0.5) is 0 Å². The minimum Gasteiger partial charge on any atom is -0.237 e. The second-order valence-electron chi connectivity index (χ2n) is 5.18. The Morgan fingerprint density at radius 2 is 1.59 bits per heavy atom. The molecule has 22 heavy (non-hydrogen) atoms. The third-order valence-electron chi connectivity index (χ3n) is 3.60. The van der Waals surface area contributed by atoms with Gasteiger partial charge in [0.2, 0.25) is 0 Å². The first-order valence-electron chi connectivity index (χ1n) is 7.12. The summed E-state index contributed by atoms with van der Waals surface area (Å²) in [6.07, 6.45) is 1.82. The molecule has 112 valence electrons. The van der Waals surface area contributed by atoms with Gasteiger partial charge in [-0.1, -0.05) is 18.2 Å². The largest absolute Gasteiger partial charge is 0.237 e. The van der Waals surface area contributed by atoms with E-state index < -0.39 is 0 Å². The molecule has 6 nitrogen and oxygen atoms in total. The van der Waals surface area contributed by atoms with Crippen molar-refractivity contribution in [1.82, 2.24) is 24.7 Å². The van der Waals surface area contributed by atoms with Crippen molar-refractivity contribution in [3.63, 3.8) is 0 Å². The third-order valence-corrected chi connectivity index (χ3v) is 3.60. The molecule has 6 heteroatoms. The molecule has 0 fully saturated rings. The summed E-state index contributed by atoms with van der Waals surface area (Å²) in [6.45, 7) is 7.79. The van der Waals surface area contributed by atoms with Gasteiger partial charge in [-0.2, -0.15) is 10.2 Å². The fourth-order valence-corrected chi connectivity index (χ4v) is 2.41. The molecule has 0 unspecified atom stereocenters. The smallest absolute Gasteiger partial charge is 0.151 e. The van der Waals surface area contributed by atoms with Crippen LogP contribution in [0.2, 0.25) is 0 Å². The number of para-hydroxylation sites is 1. The molecule has 0 spiro atoms. The number of nitrogens with zero attached hydrogens (tertiary/aromatic N) is 6. The lowest BCUT2D eigenvalue weighted by atomic mass is 10.2. The van der Waals surface area contributed by atoms with Gasteiger partial charge in [0.15, 0.2) is 11.6 Å². The van der Waals surface area contributed by atoms with E-state index in [4.69, 9.17) is 0 Å². The normalized spacial score (nSPS) is 11.5. The van der Waals surface area contributed by atoms with E-state index in [9.17, 15) is 0 Å². The molecule has 0 atom stereocenters. The lowest BCUT2D eigenvalue weighted by molar-refractivity contribution is 0.798. The van der Waals surface area contributed by atoms with Crippen LogP contribution < -0.4 is 0 Å². The van der Waals surface area contributed by atoms with Crippen LogP contribution in [-0.2, 0) is 0 Å². The summed E-state index contributed by atoms with van der Waals surface area (Å²) in [5.74, 6) is 1.53. The molecular formula is C16H18N6. The van der Waals surface area contributed by atoms with Crippen LogP contribution in [0.15, 0.2) is 35.4 Å². The van der Waals surface area contributed by atoms with Crippen LogP contribution in [0.1, 0.15) is 28.6 Å². The Kier molecular flexibility index (Phi) is 3.58. The quantitative estimate of drug-likeness (QED) is 0.698. The maximum atomic E-state index is 4.61. The lowest BCUT2D eigenvalue weighted by Crippen LogP contribution is -2.00. The van der Waals surface area contributed by atoms with E-state index in [1.54, 1.807) is 4.68 Å². The van der Waals surface area contributed by atoms with E-state index in [2.05, 4.69) is 20.4 Å². The van der Waals surface area contributed by atoms with E-state index in [0.717, 1.165) is 34.3 Å². The first kappa shape index (κ1) is 14.2. The van der Waals surface area contributed by atoms with Gasteiger partial charge in [0.1, 0.15) is 0 Å². The Labute approximate surface area is 129 Å². The van der Waals surface area contributed by atoms with Crippen molar-refractivity contribution in [2.24, 2.45) is 5.10 Å². The summed E-state index contributed by atoms with van der Waals surface area (Å²) in [6, 6.07) is 10.1. The second kappa shape index (κ2) is 5.55.